The molecule has 1 amide bonds. The van der Waals surface area contributed by atoms with Crippen LogP contribution in [0.3, 0.4) is 0 Å². The van der Waals surface area contributed by atoms with Gasteiger partial charge in [-0.3, -0.25) is 4.79 Å². The van der Waals surface area contributed by atoms with Gasteiger partial charge in [-0.2, -0.15) is 0 Å². The molecule has 0 bridgehead atoms. The Morgan fingerprint density at radius 1 is 1.14 bits per heavy atom. The van der Waals surface area contributed by atoms with Gasteiger partial charge in [0.25, 0.3) is 0 Å². The molecule has 114 valence electrons. The van der Waals surface area contributed by atoms with Crippen molar-refractivity contribution < 1.29 is 14.6 Å². The van der Waals surface area contributed by atoms with Crippen LogP contribution >= 0.6 is 0 Å². The molecule has 2 saturated heterocycles. The number of likely N-dealkylation sites (tertiary alicyclic amines) is 1. The van der Waals surface area contributed by atoms with E-state index in [1.165, 1.54) is 0 Å². The summed E-state index contributed by atoms with van der Waals surface area (Å²) in [5, 5.41) is 9.64. The largest absolute Gasteiger partial charge is 0.393 e. The summed E-state index contributed by atoms with van der Waals surface area (Å²) in [7, 11) is 0. The molecule has 0 radical (unpaired) electrons. The van der Waals surface area contributed by atoms with E-state index >= 15 is 0 Å². The van der Waals surface area contributed by atoms with Crippen molar-refractivity contribution in [3.05, 3.63) is 35.9 Å². The fourth-order valence-corrected chi connectivity index (χ4v) is 3.47. The van der Waals surface area contributed by atoms with Gasteiger partial charge in [-0.15, -0.1) is 0 Å². The maximum Gasteiger partial charge on any atom is 0.233 e. The molecule has 21 heavy (non-hydrogen) atoms. The number of piperidine rings is 1. The maximum absolute atomic E-state index is 13.2. The Hall–Kier alpha value is -1.39. The molecule has 4 heteroatoms. The van der Waals surface area contributed by atoms with Gasteiger partial charge in [-0.25, -0.2) is 0 Å². The van der Waals surface area contributed by atoms with Crippen LogP contribution in [0, 0.1) is 0 Å². The summed E-state index contributed by atoms with van der Waals surface area (Å²) in [4.78, 5) is 15.1. The van der Waals surface area contributed by atoms with E-state index in [9.17, 15) is 9.90 Å². The molecule has 2 aliphatic rings. The number of nitrogens with zero attached hydrogens (tertiary/aromatic N) is 1. The Morgan fingerprint density at radius 2 is 1.76 bits per heavy atom. The van der Waals surface area contributed by atoms with Gasteiger partial charge in [0.1, 0.15) is 0 Å². The van der Waals surface area contributed by atoms with Crippen molar-refractivity contribution in [2.45, 2.75) is 37.2 Å². The average molecular weight is 289 g/mol. The number of aliphatic hydroxyl groups is 1. The fourth-order valence-electron chi connectivity index (χ4n) is 3.47. The standard InChI is InChI=1S/C17H23NO3/c19-15-6-10-18(11-7-15)16(20)17(8-12-21-13-9-17)14-4-2-1-3-5-14/h1-5,15,19H,6-13H2. The van der Waals surface area contributed by atoms with Crippen LogP contribution in [0.15, 0.2) is 30.3 Å². The Morgan fingerprint density at radius 3 is 2.38 bits per heavy atom. The summed E-state index contributed by atoms with van der Waals surface area (Å²) in [6.07, 6.45) is 2.61. The fraction of sp³-hybridized carbons (Fsp3) is 0.588. The first-order valence-electron chi connectivity index (χ1n) is 7.83. The minimum atomic E-state index is -0.443. The molecule has 3 rings (SSSR count). The monoisotopic (exact) mass is 289 g/mol. The zero-order valence-electron chi connectivity index (χ0n) is 12.3. The third-order valence-electron chi connectivity index (χ3n) is 4.83. The molecule has 0 atom stereocenters. The van der Waals surface area contributed by atoms with Gasteiger partial charge in [0.2, 0.25) is 5.91 Å². The maximum atomic E-state index is 13.2. The van der Waals surface area contributed by atoms with Gasteiger partial charge in [0, 0.05) is 26.3 Å². The number of amides is 1. The third kappa shape index (κ3) is 2.83. The number of ether oxygens (including phenoxy) is 1. The highest BCUT2D eigenvalue weighted by Crippen LogP contribution is 2.37. The predicted molar refractivity (Wildman–Crippen MR) is 80.0 cm³/mol. The van der Waals surface area contributed by atoms with Gasteiger partial charge < -0.3 is 14.7 Å². The molecule has 4 nitrogen and oxygen atoms in total. The number of hydrogen-bond acceptors (Lipinski definition) is 3. The van der Waals surface area contributed by atoms with Crippen LogP contribution in [0.25, 0.3) is 0 Å². The van der Waals surface area contributed by atoms with E-state index in [1.54, 1.807) is 0 Å². The van der Waals surface area contributed by atoms with Crippen LogP contribution in [0.5, 0.6) is 0 Å². The van der Waals surface area contributed by atoms with Crippen LogP contribution in [-0.2, 0) is 14.9 Å². The first-order valence-corrected chi connectivity index (χ1v) is 7.83. The molecule has 1 aromatic rings. The highest BCUT2D eigenvalue weighted by molar-refractivity contribution is 5.88. The number of aliphatic hydroxyl groups excluding tert-OH is 1. The smallest absolute Gasteiger partial charge is 0.233 e. The van der Waals surface area contributed by atoms with E-state index in [4.69, 9.17) is 4.74 Å². The second kappa shape index (κ2) is 6.16. The SMILES string of the molecule is O=C(N1CCC(O)CC1)C1(c2ccccc2)CCOCC1. The molecule has 0 aliphatic carbocycles. The van der Waals surface area contributed by atoms with Gasteiger partial charge in [-0.05, 0) is 31.2 Å². The quantitative estimate of drug-likeness (QED) is 0.902. The van der Waals surface area contributed by atoms with E-state index in [-0.39, 0.29) is 12.0 Å². The summed E-state index contributed by atoms with van der Waals surface area (Å²) < 4.78 is 5.49. The number of hydrogen-bond donors (Lipinski definition) is 1. The lowest BCUT2D eigenvalue weighted by atomic mass is 9.72. The van der Waals surface area contributed by atoms with Crippen molar-refractivity contribution in [2.24, 2.45) is 0 Å². The molecule has 0 aromatic heterocycles. The Kier molecular flexibility index (Phi) is 4.27. The second-order valence-corrected chi connectivity index (χ2v) is 6.08. The zero-order valence-corrected chi connectivity index (χ0v) is 12.3. The van der Waals surface area contributed by atoms with Crippen molar-refractivity contribution in [1.82, 2.24) is 4.90 Å². The highest BCUT2D eigenvalue weighted by atomic mass is 16.5. The Bertz CT molecular complexity index is 474. The first-order chi connectivity index (χ1) is 10.2. The molecule has 0 spiro atoms. The van der Waals surface area contributed by atoms with E-state index in [2.05, 4.69) is 12.1 Å². The minimum absolute atomic E-state index is 0.212. The molecular weight excluding hydrogens is 266 g/mol. The third-order valence-corrected chi connectivity index (χ3v) is 4.83. The molecule has 0 saturated carbocycles. The molecule has 0 unspecified atom stereocenters. The van der Waals surface area contributed by atoms with Crippen LogP contribution in [-0.4, -0.2) is 48.3 Å². The van der Waals surface area contributed by atoms with Gasteiger partial charge in [-0.1, -0.05) is 30.3 Å². The normalized spacial score (nSPS) is 23.0. The Balaban J connectivity index is 1.87. The molecule has 2 fully saturated rings. The minimum Gasteiger partial charge on any atom is -0.393 e. The van der Waals surface area contributed by atoms with Crippen molar-refractivity contribution in [3.63, 3.8) is 0 Å². The summed E-state index contributed by atoms with van der Waals surface area (Å²) >= 11 is 0. The van der Waals surface area contributed by atoms with Crippen LogP contribution < -0.4 is 0 Å². The lowest BCUT2D eigenvalue weighted by Crippen LogP contribution is -2.52. The average Bonchev–Trinajstić information content (AvgIpc) is 2.56. The molecule has 2 heterocycles. The van der Waals surface area contributed by atoms with Crippen molar-refractivity contribution in [1.29, 1.82) is 0 Å². The van der Waals surface area contributed by atoms with Gasteiger partial charge in [0.05, 0.1) is 11.5 Å². The van der Waals surface area contributed by atoms with Crippen molar-refractivity contribution in [2.75, 3.05) is 26.3 Å². The van der Waals surface area contributed by atoms with Gasteiger partial charge in [0.15, 0.2) is 0 Å². The first kappa shape index (κ1) is 14.5. The Labute approximate surface area is 125 Å². The molecule has 2 aliphatic heterocycles. The van der Waals surface area contributed by atoms with Crippen molar-refractivity contribution in [3.8, 4) is 0 Å². The molecular formula is C17H23NO3. The number of carbonyl (C=O) groups excluding carboxylic acids is 1. The number of benzene rings is 1. The summed E-state index contributed by atoms with van der Waals surface area (Å²) in [5.74, 6) is 0.212. The van der Waals surface area contributed by atoms with E-state index in [0.717, 1.165) is 18.4 Å². The number of rotatable bonds is 2. The van der Waals surface area contributed by atoms with E-state index in [0.29, 0.717) is 39.1 Å². The van der Waals surface area contributed by atoms with Crippen molar-refractivity contribution >= 4 is 5.91 Å². The molecule has 1 aromatic carbocycles. The number of carbonyl (C=O) groups is 1. The van der Waals surface area contributed by atoms with Crippen LogP contribution in [0.2, 0.25) is 0 Å². The summed E-state index contributed by atoms with van der Waals surface area (Å²) in [5.41, 5.74) is 0.659. The van der Waals surface area contributed by atoms with Crippen LogP contribution in [0.1, 0.15) is 31.2 Å². The topological polar surface area (TPSA) is 49.8 Å². The van der Waals surface area contributed by atoms with E-state index in [1.807, 2.05) is 23.1 Å². The predicted octanol–water partition coefficient (Wildman–Crippen LogP) is 1.72. The summed E-state index contributed by atoms with van der Waals surface area (Å²) in [6, 6.07) is 10.1. The van der Waals surface area contributed by atoms with Crippen LogP contribution in [0.4, 0.5) is 0 Å². The highest BCUT2D eigenvalue weighted by Gasteiger charge is 2.44. The van der Waals surface area contributed by atoms with E-state index < -0.39 is 5.41 Å². The lowest BCUT2D eigenvalue weighted by Gasteiger charge is -2.42. The lowest BCUT2D eigenvalue weighted by molar-refractivity contribution is -0.143. The second-order valence-electron chi connectivity index (χ2n) is 6.08. The summed E-state index contributed by atoms with van der Waals surface area (Å²) in [6.45, 7) is 2.60. The molecule has 1 N–H and O–H groups in total. The zero-order chi connectivity index (χ0) is 14.7. The van der Waals surface area contributed by atoms with Gasteiger partial charge >= 0.3 is 0 Å².